The molecule has 0 aromatic carbocycles. The first kappa shape index (κ1) is 17.5. The van der Waals surface area contributed by atoms with Crippen molar-refractivity contribution >= 4 is 11.8 Å². The third-order valence-corrected chi connectivity index (χ3v) is 6.69. The maximum atomic E-state index is 12.6. The fourth-order valence-electron chi connectivity index (χ4n) is 4.60. The summed E-state index contributed by atoms with van der Waals surface area (Å²) in [6.07, 6.45) is 8.50. The number of hydrogen-bond donors (Lipinski definition) is 1. The van der Waals surface area contributed by atoms with E-state index in [1.807, 2.05) is 9.47 Å². The largest absolute Gasteiger partial charge is 0.459 e. The number of carbonyl (C=O) groups is 2. The number of aryl methyl sites for hydroxylation is 1. The Kier molecular flexibility index (Phi) is 4.21. The molecule has 0 bridgehead atoms. The van der Waals surface area contributed by atoms with Crippen molar-refractivity contribution in [1.82, 2.24) is 25.0 Å². The van der Waals surface area contributed by atoms with Crippen LogP contribution in [0.3, 0.4) is 0 Å². The second kappa shape index (κ2) is 6.76. The zero-order chi connectivity index (χ0) is 19.1. The van der Waals surface area contributed by atoms with Crippen molar-refractivity contribution in [3.8, 4) is 0 Å². The van der Waals surface area contributed by atoms with Crippen molar-refractivity contribution in [2.75, 3.05) is 13.1 Å². The molecular weight excluding hydrogens is 358 g/mol. The molecule has 1 spiro atoms. The molecule has 2 aromatic heterocycles. The molecule has 1 saturated heterocycles. The summed E-state index contributed by atoms with van der Waals surface area (Å²) in [4.78, 5) is 27.0. The Morgan fingerprint density at radius 1 is 1.18 bits per heavy atom. The van der Waals surface area contributed by atoms with Gasteiger partial charge in [-0.25, -0.2) is 0 Å². The molecule has 28 heavy (non-hydrogen) atoms. The van der Waals surface area contributed by atoms with Crippen LogP contribution in [0.1, 0.15) is 65.5 Å². The minimum atomic E-state index is -0.106. The molecule has 8 heteroatoms. The van der Waals surface area contributed by atoms with Crippen LogP contribution in [0.5, 0.6) is 0 Å². The summed E-state index contributed by atoms with van der Waals surface area (Å²) in [6, 6.07) is 3.74. The number of rotatable bonds is 3. The Balaban J connectivity index is 1.27. The van der Waals surface area contributed by atoms with Gasteiger partial charge in [-0.3, -0.25) is 9.59 Å². The average molecular weight is 383 g/mol. The standard InChI is InChI=1S/C20H25N5O3/c26-18(21-14-3-1-4-14)17-23-22-16-6-7-20(13-25(16)17)8-10-24(11-9-20)19(27)15-5-2-12-28-15/h2,5,12,14H,1,3-4,6-11,13H2,(H,21,26). The maximum Gasteiger partial charge on any atom is 0.289 e. The molecule has 0 atom stereocenters. The molecule has 0 radical (unpaired) electrons. The number of carbonyl (C=O) groups excluding carboxylic acids is 2. The minimum Gasteiger partial charge on any atom is -0.459 e. The number of hydrogen-bond acceptors (Lipinski definition) is 5. The van der Waals surface area contributed by atoms with Gasteiger partial charge in [-0.05, 0) is 56.1 Å². The average Bonchev–Trinajstić information content (AvgIpc) is 3.34. The third-order valence-electron chi connectivity index (χ3n) is 6.69. The lowest BCUT2D eigenvalue weighted by atomic mass is 9.73. The van der Waals surface area contributed by atoms with Crippen molar-refractivity contribution < 1.29 is 14.0 Å². The van der Waals surface area contributed by atoms with Crippen molar-refractivity contribution in [2.45, 2.75) is 57.5 Å². The Bertz CT molecular complexity index is 876. The Morgan fingerprint density at radius 3 is 2.68 bits per heavy atom. The predicted molar refractivity (Wildman–Crippen MR) is 99.7 cm³/mol. The van der Waals surface area contributed by atoms with Gasteiger partial charge in [0.15, 0.2) is 5.76 Å². The lowest BCUT2D eigenvalue weighted by Gasteiger charge is -2.44. The van der Waals surface area contributed by atoms with E-state index in [-0.39, 0.29) is 23.3 Å². The number of aromatic nitrogens is 3. The predicted octanol–water partition coefficient (Wildman–Crippen LogP) is 2.02. The van der Waals surface area contributed by atoms with Crippen LogP contribution in [0.15, 0.2) is 22.8 Å². The lowest BCUT2D eigenvalue weighted by Crippen LogP contribution is -2.47. The van der Waals surface area contributed by atoms with E-state index in [0.717, 1.165) is 50.9 Å². The van der Waals surface area contributed by atoms with Crippen molar-refractivity contribution in [3.05, 3.63) is 35.8 Å². The fraction of sp³-hybridized carbons (Fsp3) is 0.600. The van der Waals surface area contributed by atoms with Gasteiger partial charge in [0, 0.05) is 32.1 Å². The van der Waals surface area contributed by atoms with E-state index in [4.69, 9.17) is 4.42 Å². The van der Waals surface area contributed by atoms with Crippen LogP contribution in [-0.2, 0) is 13.0 Å². The monoisotopic (exact) mass is 383 g/mol. The van der Waals surface area contributed by atoms with Gasteiger partial charge in [0.2, 0.25) is 5.82 Å². The number of amides is 2. The van der Waals surface area contributed by atoms with E-state index < -0.39 is 0 Å². The van der Waals surface area contributed by atoms with Gasteiger partial charge in [-0.2, -0.15) is 0 Å². The minimum absolute atomic E-state index is 0.0405. The number of nitrogens with one attached hydrogen (secondary N) is 1. The quantitative estimate of drug-likeness (QED) is 0.875. The van der Waals surface area contributed by atoms with Gasteiger partial charge in [0.05, 0.1) is 6.26 Å². The van der Waals surface area contributed by atoms with Crippen LogP contribution in [0, 0.1) is 5.41 Å². The first-order valence-corrected chi connectivity index (χ1v) is 10.2. The highest BCUT2D eigenvalue weighted by molar-refractivity contribution is 5.91. The zero-order valence-corrected chi connectivity index (χ0v) is 15.9. The number of furan rings is 1. The van der Waals surface area contributed by atoms with Gasteiger partial charge in [0.25, 0.3) is 11.8 Å². The van der Waals surface area contributed by atoms with Crippen LogP contribution in [-0.4, -0.2) is 50.6 Å². The summed E-state index contributed by atoms with van der Waals surface area (Å²) in [5.74, 6) is 1.59. The topological polar surface area (TPSA) is 93.3 Å². The molecule has 2 amide bonds. The molecule has 0 unspecified atom stereocenters. The summed E-state index contributed by atoms with van der Waals surface area (Å²) < 4.78 is 7.27. The van der Waals surface area contributed by atoms with Crippen LogP contribution in [0.4, 0.5) is 0 Å². The number of nitrogens with zero attached hydrogens (tertiary/aromatic N) is 4. The van der Waals surface area contributed by atoms with Crippen LogP contribution in [0.2, 0.25) is 0 Å². The van der Waals surface area contributed by atoms with Crippen molar-refractivity contribution in [2.24, 2.45) is 5.41 Å². The summed E-state index contributed by atoms with van der Waals surface area (Å²) in [7, 11) is 0. The molecule has 4 heterocycles. The van der Waals surface area contributed by atoms with E-state index in [0.29, 0.717) is 24.7 Å². The molecule has 2 aliphatic heterocycles. The molecule has 5 rings (SSSR count). The van der Waals surface area contributed by atoms with Crippen LogP contribution in [0.25, 0.3) is 0 Å². The number of fused-ring (bicyclic) bond motifs is 1. The first-order valence-electron chi connectivity index (χ1n) is 10.2. The summed E-state index contributed by atoms with van der Waals surface area (Å²) in [5, 5.41) is 11.5. The summed E-state index contributed by atoms with van der Waals surface area (Å²) >= 11 is 0. The van der Waals surface area contributed by atoms with Gasteiger partial charge in [-0.15, -0.1) is 10.2 Å². The molecular formula is C20H25N5O3. The molecule has 148 valence electrons. The number of piperidine rings is 1. The van der Waals surface area contributed by atoms with Gasteiger partial charge >= 0.3 is 0 Å². The Labute approximate surface area is 163 Å². The SMILES string of the molecule is O=C(NC1CCC1)c1nnc2n1CC1(CC2)CCN(C(=O)c2ccco2)CC1. The van der Waals surface area contributed by atoms with Gasteiger partial charge < -0.3 is 19.2 Å². The highest BCUT2D eigenvalue weighted by atomic mass is 16.3. The van der Waals surface area contributed by atoms with E-state index >= 15 is 0 Å². The second-order valence-corrected chi connectivity index (χ2v) is 8.40. The highest BCUT2D eigenvalue weighted by Gasteiger charge is 2.41. The van der Waals surface area contributed by atoms with Crippen molar-refractivity contribution in [1.29, 1.82) is 0 Å². The Morgan fingerprint density at radius 2 is 2.00 bits per heavy atom. The van der Waals surface area contributed by atoms with E-state index in [1.54, 1.807) is 12.1 Å². The third kappa shape index (κ3) is 3.00. The summed E-state index contributed by atoms with van der Waals surface area (Å²) in [6.45, 7) is 2.17. The van der Waals surface area contributed by atoms with Crippen molar-refractivity contribution in [3.63, 3.8) is 0 Å². The molecule has 1 aliphatic carbocycles. The molecule has 8 nitrogen and oxygen atoms in total. The van der Waals surface area contributed by atoms with E-state index in [2.05, 4.69) is 15.5 Å². The molecule has 1 saturated carbocycles. The van der Waals surface area contributed by atoms with Gasteiger partial charge in [-0.1, -0.05) is 0 Å². The highest BCUT2D eigenvalue weighted by Crippen LogP contribution is 2.41. The zero-order valence-electron chi connectivity index (χ0n) is 15.9. The second-order valence-electron chi connectivity index (χ2n) is 8.40. The van der Waals surface area contributed by atoms with Crippen LogP contribution >= 0.6 is 0 Å². The fourth-order valence-corrected chi connectivity index (χ4v) is 4.60. The molecule has 1 N–H and O–H groups in total. The van der Waals surface area contributed by atoms with Crippen LogP contribution < -0.4 is 5.32 Å². The number of likely N-dealkylation sites (tertiary alicyclic amines) is 1. The molecule has 3 aliphatic rings. The van der Waals surface area contributed by atoms with E-state index in [1.165, 1.54) is 12.7 Å². The smallest absolute Gasteiger partial charge is 0.289 e. The normalized spacial score (nSPS) is 21.2. The molecule has 2 aromatic rings. The maximum absolute atomic E-state index is 12.6. The van der Waals surface area contributed by atoms with Gasteiger partial charge in [0.1, 0.15) is 5.82 Å². The van der Waals surface area contributed by atoms with E-state index in [9.17, 15) is 9.59 Å². The molecule has 2 fully saturated rings. The Hall–Kier alpha value is -2.64. The first-order chi connectivity index (χ1) is 13.6. The summed E-state index contributed by atoms with van der Waals surface area (Å²) in [5.41, 5.74) is 0.0980. The lowest BCUT2D eigenvalue weighted by molar-refractivity contribution is 0.0440.